The van der Waals surface area contributed by atoms with Crippen molar-refractivity contribution in [3.05, 3.63) is 73.7 Å². The van der Waals surface area contributed by atoms with Crippen LogP contribution in [0.4, 0.5) is 0 Å². The molecule has 0 bridgehead atoms. The van der Waals surface area contributed by atoms with E-state index >= 15 is 0 Å². The Bertz CT molecular complexity index is 1180. The standard InChI is InChI=1S/C21H20BrN3O2S/c22-15-7-8-17-19(14-15)25(21(27)18-5-1-11-24(17)18)12-2-6-20(26)23-10-9-16-4-3-13-28-16/h1,3-5,7-8,11,13-14H,2,6,9-10,12H2,(H,23,26). The molecule has 0 radical (unpaired) electrons. The van der Waals surface area contributed by atoms with E-state index in [1.54, 1.807) is 15.9 Å². The summed E-state index contributed by atoms with van der Waals surface area (Å²) >= 11 is 5.19. The van der Waals surface area contributed by atoms with Crippen LogP contribution in [-0.2, 0) is 17.8 Å². The van der Waals surface area contributed by atoms with Gasteiger partial charge in [0, 0.05) is 35.1 Å². The number of aromatic nitrogens is 2. The number of amides is 1. The molecule has 1 N–H and O–H groups in total. The Balaban J connectivity index is 1.45. The van der Waals surface area contributed by atoms with Crippen molar-refractivity contribution in [2.24, 2.45) is 0 Å². The fraction of sp³-hybridized carbons (Fsp3) is 0.238. The van der Waals surface area contributed by atoms with Gasteiger partial charge in [-0.2, -0.15) is 0 Å². The van der Waals surface area contributed by atoms with Crippen LogP contribution in [0.1, 0.15) is 17.7 Å². The predicted octanol–water partition coefficient (Wildman–Crippen LogP) is 4.22. The van der Waals surface area contributed by atoms with Gasteiger partial charge >= 0.3 is 0 Å². The van der Waals surface area contributed by atoms with E-state index in [1.807, 2.05) is 52.4 Å². The number of carbonyl (C=O) groups is 1. The topological polar surface area (TPSA) is 55.5 Å². The lowest BCUT2D eigenvalue weighted by atomic mass is 10.2. The van der Waals surface area contributed by atoms with Crippen LogP contribution in [0.2, 0.25) is 0 Å². The van der Waals surface area contributed by atoms with E-state index < -0.39 is 0 Å². The van der Waals surface area contributed by atoms with Crippen LogP contribution in [0.15, 0.2) is 63.3 Å². The predicted molar refractivity (Wildman–Crippen MR) is 117 cm³/mol. The minimum absolute atomic E-state index is 0.0267. The van der Waals surface area contributed by atoms with Crippen LogP contribution in [0.5, 0.6) is 0 Å². The molecule has 0 aliphatic carbocycles. The molecule has 28 heavy (non-hydrogen) atoms. The molecule has 1 amide bonds. The summed E-state index contributed by atoms with van der Waals surface area (Å²) in [4.78, 5) is 26.3. The summed E-state index contributed by atoms with van der Waals surface area (Å²) in [5.41, 5.74) is 2.45. The monoisotopic (exact) mass is 457 g/mol. The molecule has 0 saturated heterocycles. The largest absolute Gasteiger partial charge is 0.356 e. The van der Waals surface area contributed by atoms with Gasteiger partial charge in [0.15, 0.2) is 0 Å². The first-order chi connectivity index (χ1) is 13.6. The molecule has 0 aliphatic rings. The lowest BCUT2D eigenvalue weighted by molar-refractivity contribution is -0.121. The summed E-state index contributed by atoms with van der Waals surface area (Å²) in [7, 11) is 0. The van der Waals surface area contributed by atoms with E-state index in [9.17, 15) is 9.59 Å². The zero-order chi connectivity index (χ0) is 19.5. The molecule has 0 saturated carbocycles. The molecule has 7 heteroatoms. The van der Waals surface area contributed by atoms with Crippen molar-refractivity contribution in [1.82, 2.24) is 14.3 Å². The van der Waals surface area contributed by atoms with E-state index in [0.29, 0.717) is 31.4 Å². The van der Waals surface area contributed by atoms with E-state index in [-0.39, 0.29) is 11.5 Å². The first kappa shape index (κ1) is 19.0. The average molecular weight is 458 g/mol. The number of aryl methyl sites for hydroxylation is 1. The maximum atomic E-state index is 12.9. The molecule has 0 atom stereocenters. The molecule has 3 aromatic heterocycles. The van der Waals surface area contributed by atoms with E-state index in [2.05, 4.69) is 27.3 Å². The lowest BCUT2D eigenvalue weighted by Gasteiger charge is -2.13. The number of fused-ring (bicyclic) bond motifs is 3. The first-order valence-electron chi connectivity index (χ1n) is 9.22. The normalized spacial score (nSPS) is 11.3. The Kier molecular flexibility index (Phi) is 5.64. The second kappa shape index (κ2) is 8.32. The highest BCUT2D eigenvalue weighted by Crippen LogP contribution is 2.20. The van der Waals surface area contributed by atoms with Gasteiger partial charge in [-0.15, -0.1) is 11.3 Å². The van der Waals surface area contributed by atoms with Crippen molar-refractivity contribution >= 4 is 49.7 Å². The molecule has 4 rings (SSSR count). The van der Waals surface area contributed by atoms with Gasteiger partial charge in [0.25, 0.3) is 5.56 Å². The smallest absolute Gasteiger partial charge is 0.275 e. The lowest BCUT2D eigenvalue weighted by Crippen LogP contribution is -2.27. The highest BCUT2D eigenvalue weighted by atomic mass is 79.9. The number of carbonyl (C=O) groups excluding carboxylic acids is 1. The van der Waals surface area contributed by atoms with Gasteiger partial charge in [-0.05, 0) is 54.6 Å². The number of nitrogens with zero attached hydrogens (tertiary/aromatic N) is 2. The SMILES string of the molecule is O=C(CCCn1c(=O)c2cccn2c2ccc(Br)cc21)NCCc1cccs1. The third-order valence-electron chi connectivity index (χ3n) is 4.76. The Labute approximate surface area is 174 Å². The van der Waals surface area contributed by atoms with E-state index in [0.717, 1.165) is 21.9 Å². The van der Waals surface area contributed by atoms with Crippen molar-refractivity contribution in [3.63, 3.8) is 0 Å². The molecular formula is C21H20BrN3O2S. The van der Waals surface area contributed by atoms with Crippen molar-refractivity contribution in [2.45, 2.75) is 25.8 Å². The molecule has 3 heterocycles. The molecule has 0 spiro atoms. The zero-order valence-corrected chi connectivity index (χ0v) is 17.6. The molecule has 0 fully saturated rings. The van der Waals surface area contributed by atoms with Crippen LogP contribution < -0.4 is 10.9 Å². The van der Waals surface area contributed by atoms with Gasteiger partial charge in [0.2, 0.25) is 5.91 Å². The minimum atomic E-state index is -0.0336. The van der Waals surface area contributed by atoms with Gasteiger partial charge < -0.3 is 14.3 Å². The molecule has 4 aromatic rings. The number of halogens is 1. The van der Waals surface area contributed by atoms with Gasteiger partial charge in [-0.25, -0.2) is 0 Å². The van der Waals surface area contributed by atoms with Crippen LogP contribution in [0, 0.1) is 0 Å². The van der Waals surface area contributed by atoms with Crippen molar-refractivity contribution < 1.29 is 4.79 Å². The quantitative estimate of drug-likeness (QED) is 0.451. The Morgan fingerprint density at radius 2 is 2.00 bits per heavy atom. The van der Waals surface area contributed by atoms with Crippen LogP contribution in [0.25, 0.3) is 16.6 Å². The maximum absolute atomic E-state index is 12.9. The van der Waals surface area contributed by atoms with Gasteiger partial charge in [-0.1, -0.05) is 22.0 Å². The number of hydrogen-bond acceptors (Lipinski definition) is 3. The third-order valence-corrected chi connectivity index (χ3v) is 6.19. The second-order valence-electron chi connectivity index (χ2n) is 6.64. The summed E-state index contributed by atoms with van der Waals surface area (Å²) in [5.74, 6) is 0.0267. The summed E-state index contributed by atoms with van der Waals surface area (Å²) in [6.07, 6.45) is 3.77. The molecular weight excluding hydrogens is 438 g/mol. The summed E-state index contributed by atoms with van der Waals surface area (Å²) < 4.78 is 4.61. The highest BCUT2D eigenvalue weighted by molar-refractivity contribution is 9.10. The highest BCUT2D eigenvalue weighted by Gasteiger charge is 2.11. The summed E-state index contributed by atoms with van der Waals surface area (Å²) in [6, 6.07) is 13.7. The van der Waals surface area contributed by atoms with Crippen LogP contribution >= 0.6 is 27.3 Å². The van der Waals surface area contributed by atoms with Crippen LogP contribution in [-0.4, -0.2) is 21.4 Å². The fourth-order valence-corrected chi connectivity index (χ4v) is 4.48. The van der Waals surface area contributed by atoms with Crippen molar-refractivity contribution in [2.75, 3.05) is 6.54 Å². The first-order valence-corrected chi connectivity index (χ1v) is 10.9. The maximum Gasteiger partial charge on any atom is 0.275 e. The van der Waals surface area contributed by atoms with Crippen LogP contribution in [0.3, 0.4) is 0 Å². The molecule has 5 nitrogen and oxygen atoms in total. The Hall–Kier alpha value is -2.38. The minimum Gasteiger partial charge on any atom is -0.356 e. The number of thiophene rings is 1. The third kappa shape index (κ3) is 3.91. The average Bonchev–Trinajstić information content (AvgIpc) is 3.36. The number of hydrogen-bond donors (Lipinski definition) is 1. The van der Waals surface area contributed by atoms with E-state index in [1.165, 1.54) is 4.88 Å². The second-order valence-corrected chi connectivity index (χ2v) is 8.58. The van der Waals surface area contributed by atoms with Gasteiger partial charge in [0.05, 0.1) is 11.0 Å². The van der Waals surface area contributed by atoms with Crippen molar-refractivity contribution in [1.29, 1.82) is 0 Å². The number of rotatable bonds is 7. The molecule has 144 valence electrons. The van der Waals surface area contributed by atoms with Gasteiger partial charge in [-0.3, -0.25) is 9.59 Å². The number of benzene rings is 1. The Morgan fingerprint density at radius 3 is 2.82 bits per heavy atom. The Morgan fingerprint density at radius 1 is 1.11 bits per heavy atom. The summed E-state index contributed by atoms with van der Waals surface area (Å²) in [5, 5.41) is 5.00. The van der Waals surface area contributed by atoms with Gasteiger partial charge in [0.1, 0.15) is 5.52 Å². The molecule has 0 unspecified atom stereocenters. The number of nitrogens with one attached hydrogen (secondary N) is 1. The van der Waals surface area contributed by atoms with Crippen molar-refractivity contribution in [3.8, 4) is 0 Å². The molecule has 1 aromatic carbocycles. The van der Waals surface area contributed by atoms with E-state index in [4.69, 9.17) is 0 Å². The fourth-order valence-electron chi connectivity index (χ4n) is 3.42. The zero-order valence-electron chi connectivity index (χ0n) is 15.2. The molecule has 0 aliphatic heterocycles. The summed E-state index contributed by atoms with van der Waals surface area (Å²) in [6.45, 7) is 1.15.